The van der Waals surface area contributed by atoms with Gasteiger partial charge in [0.05, 0.1) is 12.1 Å². The average molecular weight is 322 g/mol. The first kappa shape index (κ1) is 16.7. The van der Waals surface area contributed by atoms with Gasteiger partial charge < -0.3 is 15.3 Å². The van der Waals surface area contributed by atoms with Gasteiger partial charge in [0, 0.05) is 19.5 Å². The van der Waals surface area contributed by atoms with Crippen molar-refractivity contribution in [2.75, 3.05) is 13.6 Å². The van der Waals surface area contributed by atoms with Gasteiger partial charge in [0.2, 0.25) is 11.8 Å². The molecule has 2 atom stereocenters. The quantitative estimate of drug-likeness (QED) is 0.809. The van der Waals surface area contributed by atoms with Crippen LogP contribution in [0.2, 0.25) is 0 Å². The van der Waals surface area contributed by atoms with E-state index in [1.807, 2.05) is 13.8 Å². The number of carbonyl (C=O) groups excluding carboxylic acids is 2. The lowest BCUT2D eigenvalue weighted by atomic mass is 9.47. The van der Waals surface area contributed by atoms with Crippen molar-refractivity contribution in [3.05, 3.63) is 0 Å². The minimum atomic E-state index is -0.530. The third-order valence-electron chi connectivity index (χ3n) is 5.93. The topological polar surface area (TPSA) is 69.6 Å². The molecule has 0 aromatic rings. The molecule has 4 saturated carbocycles. The summed E-state index contributed by atoms with van der Waals surface area (Å²) in [6.07, 6.45) is 6.47. The van der Waals surface area contributed by atoms with Gasteiger partial charge >= 0.3 is 0 Å². The van der Waals surface area contributed by atoms with Crippen molar-refractivity contribution in [3.63, 3.8) is 0 Å². The number of nitrogens with one attached hydrogen (secondary N) is 1. The second kappa shape index (κ2) is 5.76. The lowest BCUT2D eigenvalue weighted by molar-refractivity contribution is -0.172. The summed E-state index contributed by atoms with van der Waals surface area (Å²) in [6, 6.07) is 0.0865. The molecule has 4 aliphatic rings. The fourth-order valence-corrected chi connectivity index (χ4v) is 5.74. The third-order valence-corrected chi connectivity index (χ3v) is 5.93. The molecule has 4 aliphatic carbocycles. The number of likely N-dealkylation sites (N-methyl/N-ethyl adjacent to an activating group) is 1. The number of amides is 2. The molecule has 0 radical (unpaired) electrons. The molecule has 5 nitrogen and oxygen atoms in total. The summed E-state index contributed by atoms with van der Waals surface area (Å²) in [7, 11) is 1.71. The van der Waals surface area contributed by atoms with Gasteiger partial charge in [-0.15, -0.1) is 0 Å². The van der Waals surface area contributed by atoms with Crippen molar-refractivity contribution >= 4 is 11.8 Å². The zero-order valence-electron chi connectivity index (χ0n) is 14.6. The van der Waals surface area contributed by atoms with Gasteiger partial charge in [0.15, 0.2) is 0 Å². The number of hydrogen-bond donors (Lipinski definition) is 2. The van der Waals surface area contributed by atoms with Crippen LogP contribution >= 0.6 is 0 Å². The molecule has 0 spiro atoms. The van der Waals surface area contributed by atoms with E-state index in [4.69, 9.17) is 0 Å². The summed E-state index contributed by atoms with van der Waals surface area (Å²) in [5.74, 6) is 1.10. The van der Waals surface area contributed by atoms with E-state index in [9.17, 15) is 14.7 Å². The Morgan fingerprint density at radius 1 is 1.22 bits per heavy atom. The zero-order chi connectivity index (χ0) is 16.8. The molecule has 0 aliphatic heterocycles. The lowest BCUT2D eigenvalue weighted by Crippen LogP contribution is -2.56. The van der Waals surface area contributed by atoms with Gasteiger partial charge in [0.25, 0.3) is 0 Å². The standard InChI is InChI=1S/C18H30N2O3/c1-12(2)19-15(21)10-20(3)16(22)9-17-5-13-4-14(6-17)8-18(23,7-13)11-17/h12-14,23H,4-11H2,1-3H3,(H,19,21)/t13-,14-,17?,18?/m0/s1. The number of carbonyl (C=O) groups is 2. The van der Waals surface area contributed by atoms with E-state index in [0.717, 1.165) is 32.1 Å². The van der Waals surface area contributed by atoms with Gasteiger partial charge in [-0.2, -0.15) is 0 Å². The van der Waals surface area contributed by atoms with E-state index in [0.29, 0.717) is 18.3 Å². The van der Waals surface area contributed by atoms with Crippen LogP contribution in [0.1, 0.15) is 58.8 Å². The highest BCUT2D eigenvalue weighted by Gasteiger charge is 2.57. The predicted octanol–water partition coefficient (Wildman–Crippen LogP) is 1.69. The largest absolute Gasteiger partial charge is 0.390 e. The van der Waals surface area contributed by atoms with E-state index < -0.39 is 5.60 Å². The van der Waals surface area contributed by atoms with E-state index in [1.54, 1.807) is 11.9 Å². The highest BCUT2D eigenvalue weighted by molar-refractivity contribution is 5.85. The number of nitrogens with zero attached hydrogens (tertiary/aromatic N) is 1. The summed E-state index contributed by atoms with van der Waals surface area (Å²) in [6.45, 7) is 3.94. The maximum absolute atomic E-state index is 12.6. The van der Waals surface area contributed by atoms with Gasteiger partial charge in [-0.3, -0.25) is 9.59 Å². The Morgan fingerprint density at radius 3 is 2.35 bits per heavy atom. The van der Waals surface area contributed by atoms with Crippen molar-refractivity contribution < 1.29 is 14.7 Å². The second-order valence-electron chi connectivity index (χ2n) is 8.83. The van der Waals surface area contributed by atoms with Crippen molar-refractivity contribution in [2.24, 2.45) is 17.3 Å². The van der Waals surface area contributed by atoms with Crippen LogP contribution in [-0.4, -0.2) is 47.1 Å². The molecule has 4 bridgehead atoms. The fraction of sp³-hybridized carbons (Fsp3) is 0.889. The molecule has 0 aromatic carbocycles. The van der Waals surface area contributed by atoms with Crippen LogP contribution in [0, 0.1) is 17.3 Å². The zero-order valence-corrected chi connectivity index (χ0v) is 14.6. The minimum absolute atomic E-state index is 0.0291. The van der Waals surface area contributed by atoms with E-state index in [1.165, 1.54) is 6.42 Å². The first-order chi connectivity index (χ1) is 10.7. The van der Waals surface area contributed by atoms with Crippen LogP contribution in [0.15, 0.2) is 0 Å². The van der Waals surface area contributed by atoms with Crippen LogP contribution in [0.25, 0.3) is 0 Å². The molecule has 2 amide bonds. The summed E-state index contributed by atoms with van der Waals surface area (Å²) >= 11 is 0. The molecule has 4 rings (SSSR count). The maximum atomic E-state index is 12.6. The second-order valence-corrected chi connectivity index (χ2v) is 8.83. The lowest BCUT2D eigenvalue weighted by Gasteiger charge is -2.60. The van der Waals surface area contributed by atoms with Crippen molar-refractivity contribution in [1.29, 1.82) is 0 Å². The molecular formula is C18H30N2O3. The predicted molar refractivity (Wildman–Crippen MR) is 87.6 cm³/mol. The molecule has 4 fully saturated rings. The summed E-state index contributed by atoms with van der Waals surface area (Å²) in [5, 5.41) is 13.6. The molecule has 0 unspecified atom stereocenters. The Bertz CT molecular complexity index is 488. The summed E-state index contributed by atoms with van der Waals surface area (Å²) in [4.78, 5) is 26.0. The Balaban J connectivity index is 1.60. The van der Waals surface area contributed by atoms with Gasteiger partial charge in [-0.25, -0.2) is 0 Å². The molecule has 23 heavy (non-hydrogen) atoms. The molecule has 130 valence electrons. The fourth-order valence-electron chi connectivity index (χ4n) is 5.74. The monoisotopic (exact) mass is 322 g/mol. The van der Waals surface area contributed by atoms with Gasteiger partial charge in [0.1, 0.15) is 0 Å². The Kier molecular flexibility index (Phi) is 4.20. The number of rotatable bonds is 5. The third kappa shape index (κ3) is 3.54. The van der Waals surface area contributed by atoms with Crippen molar-refractivity contribution in [1.82, 2.24) is 10.2 Å². The van der Waals surface area contributed by atoms with Crippen LogP contribution < -0.4 is 5.32 Å². The van der Waals surface area contributed by atoms with Gasteiger partial charge in [-0.1, -0.05) is 0 Å². The van der Waals surface area contributed by atoms with E-state index in [-0.39, 0.29) is 29.8 Å². The minimum Gasteiger partial charge on any atom is -0.390 e. The normalized spacial score (nSPS) is 38.0. The first-order valence-corrected chi connectivity index (χ1v) is 8.94. The first-order valence-electron chi connectivity index (χ1n) is 8.94. The van der Waals surface area contributed by atoms with Crippen LogP contribution in [0.4, 0.5) is 0 Å². The Labute approximate surface area is 138 Å². The van der Waals surface area contributed by atoms with Crippen molar-refractivity contribution in [3.8, 4) is 0 Å². The van der Waals surface area contributed by atoms with Crippen LogP contribution in [0.5, 0.6) is 0 Å². The molecular weight excluding hydrogens is 292 g/mol. The van der Waals surface area contributed by atoms with Gasteiger partial charge in [-0.05, 0) is 69.6 Å². The SMILES string of the molecule is CC(C)NC(=O)CN(C)C(=O)CC12C[C@@H]3C[C@H](CC(O)(C3)C1)C2. The Morgan fingerprint density at radius 2 is 1.83 bits per heavy atom. The Hall–Kier alpha value is -1.10. The number of aliphatic hydroxyl groups is 1. The summed E-state index contributed by atoms with van der Waals surface area (Å²) in [5.41, 5.74) is -0.559. The molecule has 0 heterocycles. The average Bonchev–Trinajstić information content (AvgIpc) is 2.33. The summed E-state index contributed by atoms with van der Waals surface area (Å²) < 4.78 is 0. The van der Waals surface area contributed by atoms with Crippen LogP contribution in [-0.2, 0) is 9.59 Å². The smallest absolute Gasteiger partial charge is 0.239 e. The molecule has 0 aromatic heterocycles. The van der Waals surface area contributed by atoms with E-state index >= 15 is 0 Å². The van der Waals surface area contributed by atoms with Crippen molar-refractivity contribution in [2.45, 2.75) is 70.4 Å². The maximum Gasteiger partial charge on any atom is 0.239 e. The number of hydrogen-bond acceptors (Lipinski definition) is 3. The van der Waals surface area contributed by atoms with Crippen LogP contribution in [0.3, 0.4) is 0 Å². The molecule has 5 heteroatoms. The highest BCUT2D eigenvalue weighted by atomic mass is 16.3. The molecule has 0 saturated heterocycles. The van der Waals surface area contributed by atoms with E-state index in [2.05, 4.69) is 5.32 Å². The highest BCUT2D eigenvalue weighted by Crippen LogP contribution is 2.62. The molecule has 2 N–H and O–H groups in total.